The summed E-state index contributed by atoms with van der Waals surface area (Å²) in [6, 6.07) is 0. The minimum Gasteiger partial charge on any atom is -0.393 e. The fourth-order valence-corrected chi connectivity index (χ4v) is 3.80. The average Bonchev–Trinajstić information content (AvgIpc) is 2.54. The van der Waals surface area contributed by atoms with Crippen LogP contribution in [0.1, 0.15) is 26.2 Å². The molecule has 6 heteroatoms. The lowest BCUT2D eigenvalue weighted by Crippen LogP contribution is -2.31. The molecule has 17 heavy (non-hydrogen) atoms. The summed E-state index contributed by atoms with van der Waals surface area (Å²) < 4.78 is 22.5. The molecule has 0 bridgehead atoms. The molecule has 0 radical (unpaired) electrons. The maximum absolute atomic E-state index is 11.8. The Morgan fingerprint density at radius 3 is 2.65 bits per heavy atom. The minimum absolute atomic E-state index is 0.0264. The van der Waals surface area contributed by atoms with Crippen molar-refractivity contribution in [2.24, 2.45) is 5.92 Å². The molecule has 1 N–H and O–H groups in total. The lowest BCUT2D eigenvalue weighted by Gasteiger charge is -2.19. The van der Waals surface area contributed by atoms with Gasteiger partial charge >= 0.3 is 0 Å². The average molecular weight is 263 g/mol. The third-order valence-electron chi connectivity index (χ3n) is 3.10. The van der Waals surface area contributed by atoms with Gasteiger partial charge in [-0.05, 0) is 25.7 Å². The van der Waals surface area contributed by atoms with Crippen molar-refractivity contribution in [3.8, 4) is 0 Å². The van der Waals surface area contributed by atoms with Crippen LogP contribution in [-0.4, -0.2) is 55.5 Å². The zero-order valence-corrected chi connectivity index (χ0v) is 11.2. The van der Waals surface area contributed by atoms with Crippen LogP contribution in [0.2, 0.25) is 0 Å². The third kappa shape index (κ3) is 5.04. The lowest BCUT2D eigenvalue weighted by atomic mass is 10.0. The molecular weight excluding hydrogens is 242 g/mol. The molecule has 1 fully saturated rings. The van der Waals surface area contributed by atoms with E-state index in [4.69, 9.17) is 5.11 Å². The Balaban J connectivity index is 2.34. The number of nitrogens with zero attached hydrogens (tertiary/aromatic N) is 1. The molecule has 2 unspecified atom stereocenters. The van der Waals surface area contributed by atoms with Crippen LogP contribution in [0.15, 0.2) is 0 Å². The molecule has 5 nitrogen and oxygen atoms in total. The summed E-state index contributed by atoms with van der Waals surface area (Å²) >= 11 is 0. The molecule has 2 atom stereocenters. The summed E-state index contributed by atoms with van der Waals surface area (Å²) in [5, 5.41) is 9.12. The molecule has 100 valence electrons. The summed E-state index contributed by atoms with van der Waals surface area (Å²) in [5.74, 6) is 0.292. The second-order valence-corrected chi connectivity index (χ2v) is 7.15. The van der Waals surface area contributed by atoms with Crippen LogP contribution in [0.4, 0.5) is 0 Å². The summed E-state index contributed by atoms with van der Waals surface area (Å²) in [5.41, 5.74) is 0. The Labute approximate surface area is 103 Å². The maximum Gasteiger partial charge on any atom is 0.222 e. The van der Waals surface area contributed by atoms with Crippen molar-refractivity contribution in [2.75, 3.05) is 25.1 Å². The van der Waals surface area contributed by atoms with E-state index in [-0.39, 0.29) is 23.3 Å². The van der Waals surface area contributed by atoms with Gasteiger partial charge in [-0.1, -0.05) is 0 Å². The molecule has 0 aromatic rings. The molecule has 1 amide bonds. The Morgan fingerprint density at radius 1 is 1.53 bits per heavy atom. The smallest absolute Gasteiger partial charge is 0.222 e. The summed E-state index contributed by atoms with van der Waals surface area (Å²) in [4.78, 5) is 13.3. The van der Waals surface area contributed by atoms with Gasteiger partial charge in [-0.15, -0.1) is 0 Å². The van der Waals surface area contributed by atoms with Gasteiger partial charge in [-0.2, -0.15) is 0 Å². The molecule has 0 saturated carbocycles. The van der Waals surface area contributed by atoms with Crippen LogP contribution >= 0.6 is 0 Å². The molecule has 1 rings (SSSR count). The minimum atomic E-state index is -2.90. The van der Waals surface area contributed by atoms with E-state index in [1.54, 1.807) is 18.9 Å². The molecule has 0 aromatic heterocycles. The molecule has 1 aliphatic rings. The van der Waals surface area contributed by atoms with Gasteiger partial charge < -0.3 is 10.0 Å². The predicted molar refractivity (Wildman–Crippen MR) is 65.3 cm³/mol. The highest BCUT2D eigenvalue weighted by Crippen LogP contribution is 2.22. The van der Waals surface area contributed by atoms with Crippen LogP contribution in [0.5, 0.6) is 0 Å². The highest BCUT2D eigenvalue weighted by atomic mass is 32.2. The first kappa shape index (κ1) is 14.4. The first-order valence-corrected chi connectivity index (χ1v) is 7.75. The molecule has 0 spiro atoms. The molecular formula is C11H21NO4S. The van der Waals surface area contributed by atoms with Crippen molar-refractivity contribution in [1.29, 1.82) is 0 Å². The number of aliphatic hydroxyl groups is 1. The SMILES string of the molecule is CC(O)CCN(C)C(=O)CC1CCS(=O)(=O)C1. The number of sulfone groups is 1. The van der Waals surface area contributed by atoms with E-state index in [1.165, 1.54) is 0 Å². The Hall–Kier alpha value is -0.620. The van der Waals surface area contributed by atoms with Crippen LogP contribution in [0, 0.1) is 5.92 Å². The van der Waals surface area contributed by atoms with Crippen molar-refractivity contribution in [3.05, 3.63) is 0 Å². The quantitative estimate of drug-likeness (QED) is 0.760. The molecule has 0 aromatic carbocycles. The van der Waals surface area contributed by atoms with E-state index in [0.717, 1.165) is 0 Å². The van der Waals surface area contributed by atoms with Crippen LogP contribution in [0.25, 0.3) is 0 Å². The predicted octanol–water partition coefficient (Wildman–Crippen LogP) is 0.0405. The highest BCUT2D eigenvalue weighted by Gasteiger charge is 2.30. The normalized spacial score (nSPS) is 24.5. The van der Waals surface area contributed by atoms with E-state index in [1.807, 2.05) is 0 Å². The van der Waals surface area contributed by atoms with Crippen LogP contribution in [0.3, 0.4) is 0 Å². The van der Waals surface area contributed by atoms with Crippen LogP contribution < -0.4 is 0 Å². The van der Waals surface area contributed by atoms with Gasteiger partial charge in [0.05, 0.1) is 17.6 Å². The Kier molecular flexibility index (Phi) is 4.94. The first-order chi connectivity index (χ1) is 7.80. The zero-order valence-electron chi connectivity index (χ0n) is 10.4. The third-order valence-corrected chi connectivity index (χ3v) is 4.94. The number of amides is 1. The molecule has 1 heterocycles. The van der Waals surface area contributed by atoms with Gasteiger partial charge in [-0.25, -0.2) is 8.42 Å². The number of rotatable bonds is 5. The fraction of sp³-hybridized carbons (Fsp3) is 0.909. The largest absolute Gasteiger partial charge is 0.393 e. The van der Waals surface area contributed by atoms with Gasteiger partial charge in [0.25, 0.3) is 0 Å². The van der Waals surface area contributed by atoms with Crippen molar-refractivity contribution in [2.45, 2.75) is 32.3 Å². The fourth-order valence-electron chi connectivity index (χ4n) is 1.94. The summed E-state index contributed by atoms with van der Waals surface area (Å²) in [7, 11) is -1.21. The number of aliphatic hydroxyl groups excluding tert-OH is 1. The van der Waals surface area contributed by atoms with E-state index < -0.39 is 15.9 Å². The van der Waals surface area contributed by atoms with Gasteiger partial charge in [-0.3, -0.25) is 4.79 Å². The second kappa shape index (κ2) is 5.82. The number of carbonyl (C=O) groups is 1. The van der Waals surface area contributed by atoms with Crippen molar-refractivity contribution >= 4 is 15.7 Å². The van der Waals surface area contributed by atoms with Gasteiger partial charge in [0.2, 0.25) is 5.91 Å². The van der Waals surface area contributed by atoms with Gasteiger partial charge in [0, 0.05) is 20.0 Å². The summed E-state index contributed by atoms with van der Waals surface area (Å²) in [6.07, 6.45) is 1.02. The van der Waals surface area contributed by atoms with E-state index >= 15 is 0 Å². The first-order valence-electron chi connectivity index (χ1n) is 5.92. The number of hydrogen-bond acceptors (Lipinski definition) is 4. The van der Waals surface area contributed by atoms with E-state index in [2.05, 4.69) is 0 Å². The molecule has 1 saturated heterocycles. The maximum atomic E-state index is 11.8. The van der Waals surface area contributed by atoms with Crippen molar-refractivity contribution in [3.63, 3.8) is 0 Å². The highest BCUT2D eigenvalue weighted by molar-refractivity contribution is 7.91. The van der Waals surface area contributed by atoms with Crippen LogP contribution in [-0.2, 0) is 14.6 Å². The van der Waals surface area contributed by atoms with E-state index in [9.17, 15) is 13.2 Å². The molecule has 0 aliphatic carbocycles. The standard InChI is InChI=1S/C11H21NO4S/c1-9(13)3-5-12(2)11(14)7-10-4-6-17(15,16)8-10/h9-10,13H,3-8H2,1-2H3. The zero-order chi connectivity index (χ0) is 13.1. The van der Waals surface area contributed by atoms with Crippen molar-refractivity contribution < 1.29 is 18.3 Å². The van der Waals surface area contributed by atoms with Gasteiger partial charge in [0.1, 0.15) is 0 Å². The number of hydrogen-bond donors (Lipinski definition) is 1. The Bertz CT molecular complexity index is 364. The number of carbonyl (C=O) groups excluding carboxylic acids is 1. The Morgan fingerprint density at radius 2 is 2.18 bits per heavy atom. The van der Waals surface area contributed by atoms with Gasteiger partial charge in [0.15, 0.2) is 9.84 Å². The van der Waals surface area contributed by atoms with Crippen molar-refractivity contribution in [1.82, 2.24) is 4.90 Å². The topological polar surface area (TPSA) is 74.7 Å². The summed E-state index contributed by atoms with van der Waals surface area (Å²) in [6.45, 7) is 2.19. The lowest BCUT2D eigenvalue weighted by molar-refractivity contribution is -0.130. The monoisotopic (exact) mass is 263 g/mol. The second-order valence-electron chi connectivity index (χ2n) is 4.93. The van der Waals surface area contributed by atoms with E-state index in [0.29, 0.717) is 25.8 Å². The molecule has 1 aliphatic heterocycles.